The first kappa shape index (κ1) is 13.2. The van der Waals surface area contributed by atoms with Crippen molar-refractivity contribution >= 4 is 11.6 Å². The number of ketones is 2. The van der Waals surface area contributed by atoms with Gasteiger partial charge in [0.2, 0.25) is 0 Å². The Hall–Kier alpha value is -1.22. The second kappa shape index (κ2) is 3.81. The summed E-state index contributed by atoms with van der Waals surface area (Å²) in [5.41, 5.74) is 1.01. The minimum atomic E-state index is -0.195. The van der Waals surface area contributed by atoms with Crippen molar-refractivity contribution in [2.75, 3.05) is 0 Å². The van der Waals surface area contributed by atoms with Crippen LogP contribution >= 0.6 is 0 Å². The molecule has 0 aromatic carbocycles. The molecule has 4 aliphatic carbocycles. The number of epoxide rings is 1. The maximum Gasteiger partial charge on any atom is 0.187 e. The Bertz CT molecular complexity index is 660. The predicted molar refractivity (Wildman–Crippen MR) is 81.1 cm³/mol. The number of hydrogen-bond donors (Lipinski definition) is 0. The van der Waals surface area contributed by atoms with Crippen molar-refractivity contribution in [3.63, 3.8) is 0 Å². The molecule has 0 spiro atoms. The molecule has 3 nitrogen and oxygen atoms in total. The van der Waals surface area contributed by atoms with Gasteiger partial charge in [0.1, 0.15) is 18.0 Å². The molecule has 0 amide bonds. The van der Waals surface area contributed by atoms with Crippen molar-refractivity contribution in [3.05, 3.63) is 23.8 Å². The van der Waals surface area contributed by atoms with Crippen molar-refractivity contribution in [2.45, 2.75) is 51.7 Å². The first-order valence-corrected chi connectivity index (χ1v) is 8.59. The molecular formula is C19H22O3. The lowest BCUT2D eigenvalue weighted by atomic mass is 9.49. The van der Waals surface area contributed by atoms with Crippen LogP contribution in [0.5, 0.6) is 0 Å². The Morgan fingerprint density at radius 2 is 2.00 bits per heavy atom. The van der Waals surface area contributed by atoms with E-state index in [2.05, 4.69) is 26.0 Å². The van der Waals surface area contributed by atoms with E-state index in [9.17, 15) is 9.59 Å². The fourth-order valence-corrected chi connectivity index (χ4v) is 6.14. The van der Waals surface area contributed by atoms with Gasteiger partial charge >= 0.3 is 0 Å². The largest absolute Gasteiger partial charge is 0.360 e. The van der Waals surface area contributed by atoms with Crippen molar-refractivity contribution in [2.24, 2.45) is 28.6 Å². The average Bonchev–Trinajstić information content (AvgIpc) is 3.24. The van der Waals surface area contributed by atoms with Gasteiger partial charge in [0.15, 0.2) is 5.78 Å². The van der Waals surface area contributed by atoms with Crippen LogP contribution in [0, 0.1) is 28.6 Å². The Balaban J connectivity index is 1.61. The summed E-state index contributed by atoms with van der Waals surface area (Å²) in [7, 11) is 0. The lowest BCUT2D eigenvalue weighted by Gasteiger charge is -2.53. The number of hydrogen-bond acceptors (Lipinski definition) is 3. The van der Waals surface area contributed by atoms with Gasteiger partial charge in [0.25, 0.3) is 0 Å². The zero-order valence-electron chi connectivity index (χ0n) is 13.2. The summed E-state index contributed by atoms with van der Waals surface area (Å²) in [4.78, 5) is 24.4. The molecule has 0 bridgehead atoms. The minimum absolute atomic E-state index is 0.0367. The molecule has 0 unspecified atom stereocenters. The van der Waals surface area contributed by atoms with Gasteiger partial charge in [-0.15, -0.1) is 0 Å². The number of rotatable bonds is 0. The van der Waals surface area contributed by atoms with E-state index in [0.717, 1.165) is 31.3 Å². The maximum absolute atomic E-state index is 12.4. The fraction of sp³-hybridized carbons (Fsp3) is 0.684. The van der Waals surface area contributed by atoms with E-state index >= 15 is 0 Å². The molecule has 5 rings (SSSR count). The number of allylic oxidation sites excluding steroid dienone is 2. The quantitative estimate of drug-likeness (QED) is 0.646. The van der Waals surface area contributed by atoms with E-state index in [1.165, 1.54) is 0 Å². The van der Waals surface area contributed by atoms with Gasteiger partial charge in [-0.2, -0.15) is 0 Å². The second-order valence-corrected chi connectivity index (χ2v) is 8.33. The maximum atomic E-state index is 12.4. The number of ether oxygens (including phenoxy) is 1. The molecule has 3 fully saturated rings. The number of carbonyl (C=O) groups is 2. The molecule has 116 valence electrons. The van der Waals surface area contributed by atoms with Crippen LogP contribution in [-0.4, -0.2) is 23.8 Å². The Morgan fingerprint density at radius 1 is 1.18 bits per heavy atom. The van der Waals surface area contributed by atoms with Crippen LogP contribution in [0.4, 0.5) is 0 Å². The molecule has 1 heterocycles. The van der Waals surface area contributed by atoms with Crippen molar-refractivity contribution in [1.29, 1.82) is 0 Å². The van der Waals surface area contributed by atoms with Crippen molar-refractivity contribution < 1.29 is 14.3 Å². The van der Waals surface area contributed by atoms with Crippen LogP contribution in [0.25, 0.3) is 0 Å². The van der Waals surface area contributed by atoms with Crippen LogP contribution in [0.15, 0.2) is 23.8 Å². The SMILES string of the molecule is C[C@@]12C(=CC(=O)[C@@H]3O[C@@H]31)C=C[C@@H]1[C@@H]2CC[C@]2(C)C(=O)CC[C@@H]12. The van der Waals surface area contributed by atoms with Crippen molar-refractivity contribution in [3.8, 4) is 0 Å². The highest BCUT2D eigenvalue weighted by atomic mass is 16.6. The predicted octanol–water partition coefficient (Wildman–Crippen LogP) is 2.85. The van der Waals surface area contributed by atoms with Crippen LogP contribution < -0.4 is 0 Å². The molecule has 0 radical (unpaired) electrons. The topological polar surface area (TPSA) is 46.7 Å². The van der Waals surface area contributed by atoms with E-state index in [0.29, 0.717) is 23.5 Å². The lowest BCUT2D eigenvalue weighted by Crippen LogP contribution is -2.51. The molecule has 22 heavy (non-hydrogen) atoms. The first-order chi connectivity index (χ1) is 10.5. The Labute approximate surface area is 130 Å². The van der Waals surface area contributed by atoms with Crippen LogP contribution in [-0.2, 0) is 14.3 Å². The molecule has 1 aliphatic heterocycles. The smallest absolute Gasteiger partial charge is 0.187 e. The summed E-state index contributed by atoms with van der Waals surface area (Å²) >= 11 is 0. The van der Waals surface area contributed by atoms with Crippen LogP contribution in [0.3, 0.4) is 0 Å². The molecule has 1 saturated heterocycles. The van der Waals surface area contributed by atoms with Gasteiger partial charge in [-0.05, 0) is 48.7 Å². The highest BCUT2D eigenvalue weighted by Gasteiger charge is 2.66. The van der Waals surface area contributed by atoms with Gasteiger partial charge in [0, 0.05) is 17.3 Å². The summed E-state index contributed by atoms with van der Waals surface area (Å²) in [5.74, 6) is 2.05. The highest BCUT2D eigenvalue weighted by Crippen LogP contribution is 2.65. The molecule has 2 saturated carbocycles. The molecule has 0 N–H and O–H groups in total. The number of fused-ring (bicyclic) bond motifs is 7. The first-order valence-electron chi connectivity index (χ1n) is 8.59. The van der Waals surface area contributed by atoms with Gasteiger partial charge < -0.3 is 4.74 Å². The summed E-state index contributed by atoms with van der Waals surface area (Å²) in [6.07, 6.45) is 10.00. The van der Waals surface area contributed by atoms with E-state index in [1.54, 1.807) is 0 Å². The van der Waals surface area contributed by atoms with E-state index in [4.69, 9.17) is 4.74 Å². The zero-order valence-corrected chi connectivity index (χ0v) is 13.2. The Kier molecular flexibility index (Phi) is 2.29. The Morgan fingerprint density at radius 3 is 2.82 bits per heavy atom. The molecule has 5 aliphatic rings. The molecule has 0 aromatic rings. The van der Waals surface area contributed by atoms with Gasteiger partial charge in [0.05, 0.1) is 0 Å². The van der Waals surface area contributed by atoms with Gasteiger partial charge in [-0.25, -0.2) is 0 Å². The monoisotopic (exact) mass is 298 g/mol. The third-order valence-electron chi connectivity index (χ3n) is 7.59. The standard InChI is InChI=1S/C19H22O3/c1-18-8-7-13-11(12(18)5-6-15(18)21)4-3-10-9-14(20)16-17(22-16)19(10,13)2/h3-4,9,11-13,16-17H,5-8H2,1-2H3/t11-,12-,13-,16-,17-,18-,19-/m0/s1. The molecular weight excluding hydrogens is 276 g/mol. The lowest BCUT2D eigenvalue weighted by molar-refractivity contribution is -0.130. The van der Waals surface area contributed by atoms with Gasteiger partial charge in [-0.1, -0.05) is 26.0 Å². The highest BCUT2D eigenvalue weighted by molar-refractivity contribution is 5.99. The van der Waals surface area contributed by atoms with E-state index in [-0.39, 0.29) is 28.8 Å². The third kappa shape index (κ3) is 1.33. The average molecular weight is 298 g/mol. The van der Waals surface area contributed by atoms with Crippen LogP contribution in [0.2, 0.25) is 0 Å². The molecule has 0 aromatic heterocycles. The molecule has 7 atom stereocenters. The van der Waals surface area contributed by atoms with Gasteiger partial charge in [-0.3, -0.25) is 9.59 Å². The summed E-state index contributed by atoms with van der Waals surface area (Å²) in [6.45, 7) is 4.47. The van der Waals surface area contributed by atoms with E-state index in [1.807, 2.05) is 6.08 Å². The summed E-state index contributed by atoms with van der Waals surface area (Å²) in [6, 6.07) is 0. The minimum Gasteiger partial charge on any atom is -0.360 e. The van der Waals surface area contributed by atoms with Crippen LogP contribution in [0.1, 0.15) is 39.5 Å². The third-order valence-corrected chi connectivity index (χ3v) is 7.59. The van der Waals surface area contributed by atoms with E-state index < -0.39 is 0 Å². The summed E-state index contributed by atoms with van der Waals surface area (Å²) in [5, 5.41) is 0. The normalized spacial score (nSPS) is 55.0. The zero-order chi connectivity index (χ0) is 15.3. The van der Waals surface area contributed by atoms with Crippen molar-refractivity contribution in [1.82, 2.24) is 0 Å². The molecule has 3 heteroatoms. The second-order valence-electron chi connectivity index (χ2n) is 8.33. The summed E-state index contributed by atoms with van der Waals surface area (Å²) < 4.78 is 5.77. The fourth-order valence-electron chi connectivity index (χ4n) is 6.14. The number of Topliss-reactive ketones (excluding diaryl/α,β-unsaturated/α-hetero) is 1. The number of carbonyl (C=O) groups excluding carboxylic acids is 2.